The Bertz CT molecular complexity index is 266. The van der Waals surface area contributed by atoms with Gasteiger partial charge in [0.25, 0.3) is 0 Å². The summed E-state index contributed by atoms with van der Waals surface area (Å²) in [6.07, 6.45) is 5.00. The van der Waals surface area contributed by atoms with Crippen LogP contribution in [0.4, 0.5) is 0 Å². The van der Waals surface area contributed by atoms with Gasteiger partial charge in [-0.2, -0.15) is 0 Å². The first-order chi connectivity index (χ1) is 6.42. The van der Waals surface area contributed by atoms with Crippen LogP contribution in [0.25, 0.3) is 0 Å². The van der Waals surface area contributed by atoms with Crippen molar-refractivity contribution in [2.24, 2.45) is 5.73 Å². The quantitative estimate of drug-likeness (QED) is 0.716. The minimum atomic E-state index is 0.365. The van der Waals surface area contributed by atoms with Crippen molar-refractivity contribution in [3.63, 3.8) is 0 Å². The highest BCUT2D eigenvalue weighted by Gasteiger charge is 2.22. The zero-order valence-corrected chi connectivity index (χ0v) is 7.62. The van der Waals surface area contributed by atoms with Gasteiger partial charge in [-0.05, 0) is 32.4 Å². The number of hydrogen-bond donors (Lipinski definition) is 2. The second-order valence-corrected chi connectivity index (χ2v) is 3.40. The van der Waals surface area contributed by atoms with E-state index in [9.17, 15) is 0 Å². The summed E-state index contributed by atoms with van der Waals surface area (Å²) < 4.78 is 5.23. The third-order valence-electron chi connectivity index (χ3n) is 2.47. The van der Waals surface area contributed by atoms with Gasteiger partial charge in [-0.25, -0.2) is 0 Å². The van der Waals surface area contributed by atoms with E-state index in [2.05, 4.69) is 10.5 Å². The van der Waals surface area contributed by atoms with Crippen molar-refractivity contribution in [3.8, 4) is 0 Å². The van der Waals surface area contributed by atoms with Gasteiger partial charge in [0.1, 0.15) is 0 Å². The Morgan fingerprint density at radius 3 is 3.31 bits per heavy atom. The van der Waals surface area contributed by atoms with Crippen molar-refractivity contribution < 1.29 is 4.52 Å². The SMILES string of the molecule is NCCc1cnoc1C1CCCN1. The molecule has 1 aliphatic rings. The van der Waals surface area contributed by atoms with Crippen LogP contribution >= 0.6 is 0 Å². The highest BCUT2D eigenvalue weighted by Crippen LogP contribution is 2.25. The maximum atomic E-state index is 5.50. The van der Waals surface area contributed by atoms with E-state index in [0.717, 1.165) is 30.7 Å². The molecule has 0 aromatic carbocycles. The lowest BCUT2D eigenvalue weighted by Gasteiger charge is -2.07. The topological polar surface area (TPSA) is 64.1 Å². The maximum absolute atomic E-state index is 5.50. The van der Waals surface area contributed by atoms with E-state index >= 15 is 0 Å². The molecule has 4 nitrogen and oxygen atoms in total. The van der Waals surface area contributed by atoms with E-state index in [4.69, 9.17) is 10.3 Å². The fourth-order valence-corrected chi connectivity index (χ4v) is 1.81. The summed E-state index contributed by atoms with van der Waals surface area (Å²) in [7, 11) is 0. The van der Waals surface area contributed by atoms with Gasteiger partial charge in [0.15, 0.2) is 5.76 Å². The third-order valence-corrected chi connectivity index (χ3v) is 2.47. The molecule has 1 unspecified atom stereocenters. The lowest BCUT2D eigenvalue weighted by atomic mass is 10.1. The molecule has 1 aromatic rings. The fourth-order valence-electron chi connectivity index (χ4n) is 1.81. The van der Waals surface area contributed by atoms with Crippen LogP contribution in [0.3, 0.4) is 0 Å². The fraction of sp³-hybridized carbons (Fsp3) is 0.667. The van der Waals surface area contributed by atoms with Gasteiger partial charge in [0.05, 0.1) is 12.2 Å². The van der Waals surface area contributed by atoms with Crippen molar-refractivity contribution in [2.45, 2.75) is 25.3 Å². The molecule has 0 bridgehead atoms. The van der Waals surface area contributed by atoms with Gasteiger partial charge in [-0.1, -0.05) is 5.16 Å². The molecule has 1 fully saturated rings. The van der Waals surface area contributed by atoms with Gasteiger partial charge in [0.2, 0.25) is 0 Å². The Hall–Kier alpha value is -0.870. The average Bonchev–Trinajstić information content (AvgIpc) is 2.71. The van der Waals surface area contributed by atoms with Crippen LogP contribution in [0.5, 0.6) is 0 Å². The van der Waals surface area contributed by atoms with Gasteiger partial charge in [-0.15, -0.1) is 0 Å². The normalized spacial score (nSPS) is 22.4. The highest BCUT2D eigenvalue weighted by molar-refractivity contribution is 5.18. The molecule has 1 aromatic heterocycles. The third kappa shape index (κ3) is 1.73. The smallest absolute Gasteiger partial charge is 0.156 e. The summed E-state index contributed by atoms with van der Waals surface area (Å²) in [6.45, 7) is 1.73. The van der Waals surface area contributed by atoms with Crippen LogP contribution in [-0.2, 0) is 6.42 Å². The maximum Gasteiger partial charge on any atom is 0.156 e. The van der Waals surface area contributed by atoms with E-state index in [-0.39, 0.29) is 0 Å². The molecule has 2 heterocycles. The standard InChI is InChI=1S/C9H15N3O/c10-4-3-7-6-12-13-9(7)8-2-1-5-11-8/h6,8,11H,1-5,10H2. The first-order valence-corrected chi connectivity index (χ1v) is 4.78. The van der Waals surface area contributed by atoms with Crippen LogP contribution in [0, 0.1) is 0 Å². The molecule has 0 aliphatic carbocycles. The summed E-state index contributed by atoms with van der Waals surface area (Å²) in [5.74, 6) is 0.989. The second kappa shape index (κ2) is 3.89. The van der Waals surface area contributed by atoms with Crippen molar-refractivity contribution in [1.29, 1.82) is 0 Å². The molecule has 3 N–H and O–H groups in total. The molecule has 1 saturated heterocycles. The number of nitrogens with two attached hydrogens (primary N) is 1. The van der Waals surface area contributed by atoms with Gasteiger partial charge in [0, 0.05) is 5.56 Å². The summed E-state index contributed by atoms with van der Waals surface area (Å²) in [5.41, 5.74) is 6.65. The summed E-state index contributed by atoms with van der Waals surface area (Å²) in [4.78, 5) is 0. The van der Waals surface area contributed by atoms with Crippen LogP contribution < -0.4 is 11.1 Å². The van der Waals surface area contributed by atoms with E-state index < -0.39 is 0 Å². The lowest BCUT2D eigenvalue weighted by molar-refractivity contribution is 0.349. The molecule has 0 saturated carbocycles. The van der Waals surface area contributed by atoms with E-state index in [1.54, 1.807) is 6.20 Å². The van der Waals surface area contributed by atoms with E-state index in [1.807, 2.05) is 0 Å². The molecule has 1 aliphatic heterocycles. The van der Waals surface area contributed by atoms with Crippen molar-refractivity contribution in [2.75, 3.05) is 13.1 Å². The molecular formula is C9H15N3O. The first kappa shape index (κ1) is 8.72. The molecule has 4 heteroatoms. The van der Waals surface area contributed by atoms with Crippen molar-refractivity contribution in [1.82, 2.24) is 10.5 Å². The molecular weight excluding hydrogens is 166 g/mol. The Morgan fingerprint density at radius 1 is 1.69 bits per heavy atom. The van der Waals surface area contributed by atoms with Crippen LogP contribution in [0.1, 0.15) is 30.2 Å². The molecule has 0 radical (unpaired) electrons. The Balaban J connectivity index is 2.13. The number of nitrogens with zero attached hydrogens (tertiary/aromatic N) is 1. The molecule has 72 valence electrons. The number of rotatable bonds is 3. The predicted octanol–water partition coefficient (Wildman–Crippen LogP) is 0.600. The Morgan fingerprint density at radius 2 is 2.62 bits per heavy atom. The van der Waals surface area contributed by atoms with E-state index in [1.165, 1.54) is 6.42 Å². The van der Waals surface area contributed by atoms with Crippen molar-refractivity contribution >= 4 is 0 Å². The zero-order valence-electron chi connectivity index (χ0n) is 7.62. The lowest BCUT2D eigenvalue weighted by Crippen LogP contribution is -2.14. The number of nitrogens with one attached hydrogen (secondary N) is 1. The van der Waals surface area contributed by atoms with Crippen LogP contribution in [0.2, 0.25) is 0 Å². The summed E-state index contributed by atoms with van der Waals surface area (Å²) in [6, 6.07) is 0.365. The van der Waals surface area contributed by atoms with Crippen LogP contribution in [0.15, 0.2) is 10.7 Å². The van der Waals surface area contributed by atoms with E-state index in [0.29, 0.717) is 12.6 Å². The molecule has 0 amide bonds. The molecule has 1 atom stereocenters. The molecule has 13 heavy (non-hydrogen) atoms. The minimum Gasteiger partial charge on any atom is -0.359 e. The van der Waals surface area contributed by atoms with Crippen LogP contribution in [-0.4, -0.2) is 18.2 Å². The molecule has 0 spiro atoms. The minimum absolute atomic E-state index is 0.365. The van der Waals surface area contributed by atoms with Crippen molar-refractivity contribution in [3.05, 3.63) is 17.5 Å². The Kier molecular flexibility index (Phi) is 2.61. The summed E-state index contributed by atoms with van der Waals surface area (Å²) >= 11 is 0. The van der Waals surface area contributed by atoms with Gasteiger partial charge < -0.3 is 15.6 Å². The monoisotopic (exact) mass is 181 g/mol. The highest BCUT2D eigenvalue weighted by atomic mass is 16.5. The van der Waals surface area contributed by atoms with Gasteiger partial charge in [-0.3, -0.25) is 0 Å². The largest absolute Gasteiger partial charge is 0.359 e. The number of hydrogen-bond acceptors (Lipinski definition) is 4. The summed E-state index contributed by atoms with van der Waals surface area (Å²) in [5, 5.41) is 7.20. The predicted molar refractivity (Wildman–Crippen MR) is 49.2 cm³/mol. The number of aromatic nitrogens is 1. The second-order valence-electron chi connectivity index (χ2n) is 3.40. The zero-order chi connectivity index (χ0) is 9.10. The first-order valence-electron chi connectivity index (χ1n) is 4.78. The van der Waals surface area contributed by atoms with Gasteiger partial charge >= 0.3 is 0 Å². The average molecular weight is 181 g/mol. The molecule has 2 rings (SSSR count). The Labute approximate surface area is 77.5 Å².